The van der Waals surface area contributed by atoms with Crippen molar-refractivity contribution in [2.24, 2.45) is 5.92 Å². The van der Waals surface area contributed by atoms with E-state index in [0.29, 0.717) is 0 Å². The number of aliphatic hydroxyl groups excluding tert-OH is 1. The van der Waals surface area contributed by atoms with Crippen molar-refractivity contribution in [1.29, 1.82) is 0 Å². The Morgan fingerprint density at radius 3 is 2.58 bits per heavy atom. The fourth-order valence-corrected chi connectivity index (χ4v) is 2.49. The third kappa shape index (κ3) is 4.18. The number of aromatic nitrogens is 1. The van der Waals surface area contributed by atoms with E-state index in [2.05, 4.69) is 5.32 Å². The summed E-state index contributed by atoms with van der Waals surface area (Å²) in [5.41, 5.74) is 0.827. The molecular weight excluding hydrogens is 264 g/mol. The average Bonchev–Trinajstić information content (AvgIpc) is 2.61. The maximum Gasteiger partial charge on any atom is 0.308 e. The highest BCUT2D eigenvalue weighted by molar-refractivity contribution is 7.09. The van der Waals surface area contributed by atoms with Crippen LogP contribution in [0.4, 0.5) is 0 Å². The van der Waals surface area contributed by atoms with E-state index in [-0.39, 0.29) is 29.8 Å². The minimum absolute atomic E-state index is 0.0161. The van der Waals surface area contributed by atoms with Crippen LogP contribution in [0.2, 0.25) is 0 Å². The molecular formula is C13H22N2O3S. The zero-order chi connectivity index (χ0) is 14.6. The predicted molar refractivity (Wildman–Crippen MR) is 76.5 cm³/mol. The van der Waals surface area contributed by atoms with Crippen molar-refractivity contribution < 1.29 is 9.90 Å². The second-order valence-corrected chi connectivity index (χ2v) is 6.02. The van der Waals surface area contributed by atoms with E-state index >= 15 is 0 Å². The summed E-state index contributed by atoms with van der Waals surface area (Å²) >= 11 is 1.15. The van der Waals surface area contributed by atoms with Gasteiger partial charge in [0.2, 0.25) is 5.91 Å². The highest BCUT2D eigenvalue weighted by atomic mass is 32.1. The van der Waals surface area contributed by atoms with Gasteiger partial charge in [-0.3, -0.25) is 14.2 Å². The first-order valence-electron chi connectivity index (χ1n) is 6.48. The Kier molecular flexibility index (Phi) is 5.75. The van der Waals surface area contributed by atoms with E-state index in [1.807, 2.05) is 27.7 Å². The Morgan fingerprint density at radius 1 is 1.47 bits per heavy atom. The van der Waals surface area contributed by atoms with Gasteiger partial charge in [0, 0.05) is 17.1 Å². The van der Waals surface area contributed by atoms with Gasteiger partial charge in [0.25, 0.3) is 0 Å². The van der Waals surface area contributed by atoms with Crippen LogP contribution >= 0.6 is 11.3 Å². The Morgan fingerprint density at radius 2 is 2.11 bits per heavy atom. The van der Waals surface area contributed by atoms with E-state index in [1.54, 1.807) is 0 Å². The summed E-state index contributed by atoms with van der Waals surface area (Å²) in [7, 11) is 0. The molecule has 108 valence electrons. The van der Waals surface area contributed by atoms with Gasteiger partial charge in [-0.25, -0.2) is 0 Å². The van der Waals surface area contributed by atoms with Gasteiger partial charge in [-0.1, -0.05) is 31.6 Å². The van der Waals surface area contributed by atoms with Gasteiger partial charge in [0.15, 0.2) is 0 Å². The van der Waals surface area contributed by atoms with Crippen molar-refractivity contribution in [2.45, 2.75) is 46.8 Å². The van der Waals surface area contributed by atoms with Crippen LogP contribution in [0.25, 0.3) is 0 Å². The van der Waals surface area contributed by atoms with Crippen molar-refractivity contribution in [2.75, 3.05) is 6.54 Å². The molecule has 6 heteroatoms. The molecule has 0 aliphatic carbocycles. The summed E-state index contributed by atoms with van der Waals surface area (Å²) in [6, 6.07) is 0. The van der Waals surface area contributed by atoms with Crippen molar-refractivity contribution in [1.82, 2.24) is 9.88 Å². The lowest BCUT2D eigenvalue weighted by molar-refractivity contribution is -0.122. The maximum atomic E-state index is 11.8. The number of nitrogens with zero attached hydrogens (tertiary/aromatic N) is 1. The summed E-state index contributed by atoms with van der Waals surface area (Å²) in [5, 5.41) is 12.4. The Bertz CT molecular complexity index is 493. The van der Waals surface area contributed by atoms with E-state index in [9.17, 15) is 14.7 Å². The summed E-state index contributed by atoms with van der Waals surface area (Å²) in [6.07, 6.45) is 0.315. The van der Waals surface area contributed by atoms with Crippen LogP contribution in [0.1, 0.15) is 30.8 Å². The minimum atomic E-state index is -0.545. The summed E-state index contributed by atoms with van der Waals surface area (Å²) < 4.78 is 1.46. The number of rotatable bonds is 6. The van der Waals surface area contributed by atoms with Gasteiger partial charge in [0.1, 0.15) is 6.54 Å². The van der Waals surface area contributed by atoms with Crippen LogP contribution in [0.15, 0.2) is 4.79 Å². The van der Waals surface area contributed by atoms with E-state index in [0.717, 1.165) is 28.3 Å². The normalized spacial score (nSPS) is 14.2. The molecule has 2 atom stereocenters. The quantitative estimate of drug-likeness (QED) is 0.821. The van der Waals surface area contributed by atoms with Crippen molar-refractivity contribution in [3.63, 3.8) is 0 Å². The number of carbonyl (C=O) groups is 1. The van der Waals surface area contributed by atoms with Crippen LogP contribution in [0.5, 0.6) is 0 Å². The van der Waals surface area contributed by atoms with E-state index < -0.39 is 6.10 Å². The van der Waals surface area contributed by atoms with Gasteiger partial charge in [-0.05, 0) is 19.8 Å². The molecule has 0 aliphatic heterocycles. The SMILES string of the molecule is CCC(C)C(O)CNC(=O)Cn1c(C)c(C)sc1=O. The number of hydrogen-bond acceptors (Lipinski definition) is 4. The van der Waals surface area contributed by atoms with Crippen LogP contribution in [-0.4, -0.2) is 28.2 Å². The molecule has 0 saturated heterocycles. The van der Waals surface area contributed by atoms with Crippen LogP contribution in [-0.2, 0) is 11.3 Å². The highest BCUT2D eigenvalue weighted by Crippen LogP contribution is 2.09. The molecule has 0 aromatic carbocycles. The van der Waals surface area contributed by atoms with Crippen LogP contribution in [0, 0.1) is 19.8 Å². The molecule has 2 N–H and O–H groups in total. The number of thiazole rings is 1. The second-order valence-electron chi connectivity index (χ2n) is 4.85. The number of aliphatic hydroxyl groups is 1. The van der Waals surface area contributed by atoms with Crippen LogP contribution in [0.3, 0.4) is 0 Å². The topological polar surface area (TPSA) is 71.3 Å². The summed E-state index contributed by atoms with van der Waals surface area (Å²) in [6.45, 7) is 7.87. The van der Waals surface area contributed by atoms with E-state index in [4.69, 9.17) is 0 Å². The van der Waals surface area contributed by atoms with Gasteiger partial charge >= 0.3 is 4.87 Å². The number of amides is 1. The lowest BCUT2D eigenvalue weighted by Crippen LogP contribution is -2.38. The Balaban J connectivity index is 2.54. The number of nitrogens with one attached hydrogen (secondary N) is 1. The molecule has 0 spiro atoms. The molecule has 1 aromatic rings. The third-order valence-electron chi connectivity index (χ3n) is 3.49. The Hall–Kier alpha value is -1.14. The first kappa shape index (κ1) is 15.9. The molecule has 1 rings (SSSR count). The molecule has 1 aromatic heterocycles. The molecule has 0 aliphatic rings. The predicted octanol–water partition coefficient (Wildman–Crippen LogP) is 1.05. The lowest BCUT2D eigenvalue weighted by Gasteiger charge is -2.17. The standard InChI is InChI=1S/C13H22N2O3S/c1-5-8(2)11(16)6-14-12(17)7-15-9(3)10(4)19-13(15)18/h8,11,16H,5-7H2,1-4H3,(H,14,17). The molecule has 5 nitrogen and oxygen atoms in total. The number of hydrogen-bond donors (Lipinski definition) is 2. The molecule has 0 saturated carbocycles. The fourth-order valence-electron chi connectivity index (χ4n) is 1.66. The van der Waals surface area contributed by atoms with Crippen molar-refractivity contribution >= 4 is 17.2 Å². The first-order valence-corrected chi connectivity index (χ1v) is 7.30. The summed E-state index contributed by atoms with van der Waals surface area (Å²) in [5.74, 6) is -0.0986. The number of carbonyl (C=O) groups excluding carboxylic acids is 1. The van der Waals surface area contributed by atoms with Crippen molar-refractivity contribution in [3.05, 3.63) is 20.2 Å². The van der Waals surface area contributed by atoms with Crippen molar-refractivity contribution in [3.8, 4) is 0 Å². The molecule has 1 amide bonds. The number of aryl methyl sites for hydroxylation is 1. The van der Waals surface area contributed by atoms with Gasteiger partial charge in [0.05, 0.1) is 6.10 Å². The molecule has 1 heterocycles. The third-order valence-corrected chi connectivity index (χ3v) is 4.48. The van der Waals surface area contributed by atoms with Gasteiger partial charge in [-0.15, -0.1) is 0 Å². The maximum absolute atomic E-state index is 11.8. The van der Waals surface area contributed by atoms with E-state index in [1.165, 1.54) is 4.57 Å². The Labute approximate surface area is 117 Å². The fraction of sp³-hybridized carbons (Fsp3) is 0.692. The largest absolute Gasteiger partial charge is 0.391 e. The zero-order valence-electron chi connectivity index (χ0n) is 11.9. The second kappa shape index (κ2) is 6.86. The van der Waals surface area contributed by atoms with Gasteiger partial charge in [-0.2, -0.15) is 0 Å². The van der Waals surface area contributed by atoms with Gasteiger partial charge < -0.3 is 10.4 Å². The summed E-state index contributed by atoms with van der Waals surface area (Å²) in [4.78, 5) is 24.2. The first-order chi connectivity index (χ1) is 8.86. The average molecular weight is 286 g/mol. The lowest BCUT2D eigenvalue weighted by atomic mass is 10.0. The zero-order valence-corrected chi connectivity index (χ0v) is 12.7. The minimum Gasteiger partial charge on any atom is -0.391 e. The smallest absolute Gasteiger partial charge is 0.308 e. The molecule has 2 unspecified atom stereocenters. The molecule has 0 radical (unpaired) electrons. The highest BCUT2D eigenvalue weighted by Gasteiger charge is 2.15. The monoisotopic (exact) mass is 286 g/mol. The van der Waals surface area contributed by atoms with Crippen LogP contribution < -0.4 is 10.2 Å². The molecule has 0 bridgehead atoms. The molecule has 0 fully saturated rings. The molecule has 19 heavy (non-hydrogen) atoms.